The third kappa shape index (κ3) is 5.94. The maximum absolute atomic E-state index is 14.4. The smallest absolute Gasteiger partial charge is 0.126 e. The third-order valence-corrected chi connectivity index (χ3v) is 6.56. The Labute approximate surface area is 191 Å². The molecule has 1 aliphatic carbocycles. The van der Waals surface area contributed by atoms with E-state index in [0.29, 0.717) is 12.5 Å². The first kappa shape index (κ1) is 25.1. The summed E-state index contributed by atoms with van der Waals surface area (Å²) in [6.45, 7) is 2.78. The van der Waals surface area contributed by atoms with Crippen LogP contribution >= 0.6 is 24.8 Å². The fourth-order valence-corrected chi connectivity index (χ4v) is 4.88. The largest absolute Gasteiger partial charge is 0.317 e. The zero-order chi connectivity index (χ0) is 19.4. The summed E-state index contributed by atoms with van der Waals surface area (Å²) in [4.78, 5) is 0. The average molecular weight is 457 g/mol. The topological polar surface area (TPSA) is 24.1 Å². The zero-order valence-corrected chi connectivity index (χ0v) is 18.9. The Morgan fingerprint density at radius 1 is 0.933 bits per heavy atom. The summed E-state index contributed by atoms with van der Waals surface area (Å²) < 4.78 is 27.7. The zero-order valence-electron chi connectivity index (χ0n) is 17.3. The molecule has 0 unspecified atom stereocenters. The van der Waals surface area contributed by atoms with Gasteiger partial charge in [-0.05, 0) is 86.0 Å². The summed E-state index contributed by atoms with van der Waals surface area (Å²) in [7, 11) is 0. The standard InChI is InChI=1S/C24H30F2N2.2ClH/c25-22-6-4-21(5-7-22)24(11-1-2-12-24)28-17-19-3-8-23(26)20(16-19)15-18-9-13-27-14-10-18;;/h3-8,16,18,27-28H,1-2,9-15,17H2;2*1H. The highest BCUT2D eigenvalue weighted by molar-refractivity contribution is 5.85. The van der Waals surface area contributed by atoms with E-state index in [1.807, 2.05) is 24.3 Å². The van der Waals surface area contributed by atoms with E-state index in [4.69, 9.17) is 0 Å². The molecule has 166 valence electrons. The second-order valence-corrected chi connectivity index (χ2v) is 8.47. The minimum atomic E-state index is -0.196. The summed E-state index contributed by atoms with van der Waals surface area (Å²) in [5.74, 6) is 0.286. The van der Waals surface area contributed by atoms with Crippen LogP contribution in [0.4, 0.5) is 8.78 Å². The predicted octanol–water partition coefficient (Wildman–Crippen LogP) is 5.91. The van der Waals surface area contributed by atoms with E-state index in [-0.39, 0.29) is 42.0 Å². The second kappa shape index (κ2) is 11.4. The van der Waals surface area contributed by atoms with Gasteiger partial charge in [-0.1, -0.05) is 37.1 Å². The van der Waals surface area contributed by atoms with Crippen molar-refractivity contribution in [1.82, 2.24) is 10.6 Å². The Bertz CT molecular complexity index is 786. The number of piperidine rings is 1. The van der Waals surface area contributed by atoms with Crippen LogP contribution < -0.4 is 10.6 Å². The molecule has 0 aromatic heterocycles. The lowest BCUT2D eigenvalue weighted by Gasteiger charge is -2.31. The van der Waals surface area contributed by atoms with Gasteiger partial charge in [0.15, 0.2) is 0 Å². The van der Waals surface area contributed by atoms with Gasteiger partial charge in [-0.2, -0.15) is 0 Å². The number of rotatable bonds is 6. The molecule has 0 bridgehead atoms. The van der Waals surface area contributed by atoms with Crippen LogP contribution in [-0.4, -0.2) is 13.1 Å². The van der Waals surface area contributed by atoms with Gasteiger partial charge in [-0.15, -0.1) is 24.8 Å². The second-order valence-electron chi connectivity index (χ2n) is 8.47. The van der Waals surface area contributed by atoms with E-state index in [1.54, 1.807) is 18.2 Å². The van der Waals surface area contributed by atoms with Gasteiger partial charge in [0.1, 0.15) is 11.6 Å². The average Bonchev–Trinajstić information content (AvgIpc) is 3.20. The number of halogens is 4. The molecule has 0 spiro atoms. The lowest BCUT2D eigenvalue weighted by Crippen LogP contribution is -2.39. The molecular weight excluding hydrogens is 425 g/mol. The number of benzene rings is 2. The first-order valence-corrected chi connectivity index (χ1v) is 10.6. The van der Waals surface area contributed by atoms with E-state index in [9.17, 15) is 8.78 Å². The summed E-state index contributed by atoms with van der Waals surface area (Å²) >= 11 is 0. The molecule has 6 heteroatoms. The van der Waals surface area contributed by atoms with Crippen LogP contribution in [0.1, 0.15) is 55.2 Å². The van der Waals surface area contributed by atoms with Gasteiger partial charge in [0, 0.05) is 12.1 Å². The quantitative estimate of drug-likeness (QED) is 0.564. The van der Waals surface area contributed by atoms with Crippen LogP contribution in [0.25, 0.3) is 0 Å². The van der Waals surface area contributed by atoms with Crippen LogP contribution in [0.15, 0.2) is 42.5 Å². The van der Waals surface area contributed by atoms with Gasteiger partial charge >= 0.3 is 0 Å². The fourth-order valence-electron chi connectivity index (χ4n) is 4.88. The minimum absolute atomic E-state index is 0. The van der Waals surface area contributed by atoms with Gasteiger partial charge in [-0.3, -0.25) is 0 Å². The van der Waals surface area contributed by atoms with Crippen molar-refractivity contribution in [3.8, 4) is 0 Å². The van der Waals surface area contributed by atoms with Crippen molar-refractivity contribution in [2.45, 2.75) is 57.0 Å². The highest BCUT2D eigenvalue weighted by Gasteiger charge is 2.35. The van der Waals surface area contributed by atoms with Gasteiger partial charge in [0.05, 0.1) is 0 Å². The number of hydrogen-bond acceptors (Lipinski definition) is 2. The Morgan fingerprint density at radius 2 is 1.60 bits per heavy atom. The lowest BCUT2D eigenvalue weighted by atomic mass is 9.87. The Balaban J connectivity index is 0.00000160. The van der Waals surface area contributed by atoms with E-state index >= 15 is 0 Å². The maximum atomic E-state index is 14.4. The van der Waals surface area contributed by atoms with Crippen molar-refractivity contribution in [3.05, 3.63) is 70.8 Å². The van der Waals surface area contributed by atoms with Crippen LogP contribution in [-0.2, 0) is 18.5 Å². The van der Waals surface area contributed by atoms with Crippen molar-refractivity contribution >= 4 is 24.8 Å². The van der Waals surface area contributed by atoms with Crippen LogP contribution in [0.2, 0.25) is 0 Å². The lowest BCUT2D eigenvalue weighted by molar-refractivity contribution is 0.338. The number of nitrogens with one attached hydrogen (secondary N) is 2. The predicted molar refractivity (Wildman–Crippen MR) is 124 cm³/mol. The molecule has 0 atom stereocenters. The molecule has 1 heterocycles. The third-order valence-electron chi connectivity index (χ3n) is 6.56. The molecule has 1 aliphatic heterocycles. The van der Waals surface area contributed by atoms with Crippen molar-refractivity contribution in [3.63, 3.8) is 0 Å². The van der Waals surface area contributed by atoms with Gasteiger partial charge < -0.3 is 10.6 Å². The minimum Gasteiger partial charge on any atom is -0.317 e. The van der Waals surface area contributed by atoms with Gasteiger partial charge in [0.2, 0.25) is 0 Å². The molecule has 1 saturated heterocycles. The first-order valence-electron chi connectivity index (χ1n) is 10.6. The Kier molecular flexibility index (Phi) is 9.55. The SMILES string of the molecule is Cl.Cl.Fc1ccc(C2(NCc3ccc(F)c(CC4CCNCC4)c3)CCCC2)cc1. The van der Waals surface area contributed by atoms with Crippen LogP contribution in [0.3, 0.4) is 0 Å². The molecular formula is C24H32Cl2F2N2. The van der Waals surface area contributed by atoms with Crippen molar-refractivity contribution in [1.29, 1.82) is 0 Å². The van der Waals surface area contributed by atoms with Gasteiger partial charge in [-0.25, -0.2) is 8.78 Å². The molecule has 30 heavy (non-hydrogen) atoms. The Morgan fingerprint density at radius 3 is 2.27 bits per heavy atom. The molecule has 2 N–H and O–H groups in total. The maximum Gasteiger partial charge on any atom is 0.126 e. The van der Waals surface area contributed by atoms with E-state index in [2.05, 4.69) is 10.6 Å². The Hall–Kier alpha value is -1.20. The van der Waals surface area contributed by atoms with Gasteiger partial charge in [0.25, 0.3) is 0 Å². The van der Waals surface area contributed by atoms with E-state index in [1.165, 1.54) is 12.8 Å². The van der Waals surface area contributed by atoms with Crippen molar-refractivity contribution in [2.24, 2.45) is 5.92 Å². The van der Waals surface area contributed by atoms with E-state index in [0.717, 1.165) is 61.9 Å². The monoisotopic (exact) mass is 456 g/mol. The van der Waals surface area contributed by atoms with Crippen LogP contribution in [0, 0.1) is 17.6 Å². The van der Waals surface area contributed by atoms with E-state index < -0.39 is 0 Å². The first-order chi connectivity index (χ1) is 13.6. The summed E-state index contributed by atoms with van der Waals surface area (Å²) in [5, 5.41) is 7.12. The molecule has 2 aromatic carbocycles. The molecule has 0 radical (unpaired) electrons. The highest BCUT2D eigenvalue weighted by atomic mass is 35.5. The fraction of sp³-hybridized carbons (Fsp3) is 0.500. The highest BCUT2D eigenvalue weighted by Crippen LogP contribution is 2.39. The van der Waals surface area contributed by atoms with Crippen molar-refractivity contribution in [2.75, 3.05) is 13.1 Å². The molecule has 2 nitrogen and oxygen atoms in total. The molecule has 0 amide bonds. The van der Waals surface area contributed by atoms with Crippen molar-refractivity contribution < 1.29 is 8.78 Å². The molecule has 4 rings (SSSR count). The molecule has 2 aliphatic rings. The van der Waals surface area contributed by atoms with Crippen LogP contribution in [0.5, 0.6) is 0 Å². The summed E-state index contributed by atoms with van der Waals surface area (Å²) in [6, 6.07) is 12.5. The molecule has 2 aromatic rings. The molecule has 1 saturated carbocycles. The summed E-state index contributed by atoms with van der Waals surface area (Å²) in [5.41, 5.74) is 3.02. The normalized spacial score (nSPS) is 18.5. The molecule has 2 fully saturated rings. The summed E-state index contributed by atoms with van der Waals surface area (Å²) in [6.07, 6.45) is 7.53. The number of hydrogen-bond donors (Lipinski definition) is 2.